The maximum atomic E-state index is 15.0. The summed E-state index contributed by atoms with van der Waals surface area (Å²) in [5, 5.41) is 35.3. The van der Waals surface area contributed by atoms with Gasteiger partial charge < -0.3 is 24.8 Å². The number of allylic oxidation sites excluding steroid dienone is 1. The highest BCUT2D eigenvalue weighted by Crippen LogP contribution is 2.75. The third-order valence-corrected chi connectivity index (χ3v) is 13.5. The molecule has 0 radical (unpaired) electrons. The van der Waals surface area contributed by atoms with Crippen molar-refractivity contribution in [3.05, 3.63) is 23.3 Å². The molecule has 8 heteroatoms. The van der Waals surface area contributed by atoms with Gasteiger partial charge in [0.25, 0.3) is 0 Å². The molecular weight excluding hydrogens is 656 g/mol. The number of fused-ring (bicyclic) bond motifs is 3. The van der Waals surface area contributed by atoms with E-state index in [1.165, 1.54) is 70.6 Å². The summed E-state index contributed by atoms with van der Waals surface area (Å²) in [5.74, 6) is -2.81. The van der Waals surface area contributed by atoms with Crippen LogP contribution in [0.1, 0.15) is 176 Å². The second kappa shape index (κ2) is 18.5. The van der Waals surface area contributed by atoms with E-state index in [4.69, 9.17) is 9.47 Å². The van der Waals surface area contributed by atoms with Crippen molar-refractivity contribution >= 4 is 17.7 Å². The van der Waals surface area contributed by atoms with Gasteiger partial charge in [0.05, 0.1) is 12.0 Å². The lowest BCUT2D eigenvalue weighted by Gasteiger charge is -2.49. The zero-order valence-corrected chi connectivity index (χ0v) is 33.5. The van der Waals surface area contributed by atoms with Crippen molar-refractivity contribution in [2.45, 2.75) is 200 Å². The zero-order chi connectivity index (χ0) is 38.2. The van der Waals surface area contributed by atoms with E-state index in [0.717, 1.165) is 38.5 Å². The third kappa shape index (κ3) is 8.29. The summed E-state index contributed by atoms with van der Waals surface area (Å²) >= 11 is 0. The van der Waals surface area contributed by atoms with Gasteiger partial charge in [0.2, 0.25) is 0 Å². The maximum absolute atomic E-state index is 15.0. The first-order chi connectivity index (χ1) is 24.8. The predicted molar refractivity (Wildman–Crippen MR) is 204 cm³/mol. The van der Waals surface area contributed by atoms with Crippen molar-refractivity contribution in [3.8, 4) is 0 Å². The van der Waals surface area contributed by atoms with Crippen LogP contribution < -0.4 is 0 Å². The van der Waals surface area contributed by atoms with E-state index in [0.29, 0.717) is 24.8 Å². The van der Waals surface area contributed by atoms with E-state index in [1.807, 2.05) is 20.8 Å². The number of rotatable bonds is 23. The summed E-state index contributed by atoms with van der Waals surface area (Å²) in [4.78, 5) is 41.7. The van der Waals surface area contributed by atoms with Gasteiger partial charge >= 0.3 is 11.9 Å². The fourth-order valence-electron chi connectivity index (χ4n) is 10.5. The Kier molecular flexibility index (Phi) is 15.2. The number of carbonyl (C=O) groups is 3. The van der Waals surface area contributed by atoms with Gasteiger partial charge in [-0.15, -0.1) is 0 Å². The molecule has 0 aromatic rings. The van der Waals surface area contributed by atoms with Crippen LogP contribution in [-0.2, 0) is 23.9 Å². The molecule has 0 unspecified atom stereocenters. The molecule has 8 atom stereocenters. The highest BCUT2D eigenvalue weighted by molar-refractivity contribution is 5.96. The number of aliphatic hydroxyl groups excluding tert-OH is 2. The van der Waals surface area contributed by atoms with Crippen molar-refractivity contribution in [2.75, 3.05) is 6.61 Å². The Hall–Kier alpha value is -2.03. The monoisotopic (exact) mass is 729 g/mol. The fourth-order valence-corrected chi connectivity index (χ4v) is 10.5. The van der Waals surface area contributed by atoms with E-state index < -0.39 is 58.7 Å². The van der Waals surface area contributed by atoms with Crippen molar-refractivity contribution < 1.29 is 39.2 Å². The van der Waals surface area contributed by atoms with Crippen LogP contribution in [0.15, 0.2) is 23.3 Å². The minimum Gasteiger partial charge on any atom is -0.458 e. The van der Waals surface area contributed by atoms with Crippen LogP contribution in [0.5, 0.6) is 0 Å². The van der Waals surface area contributed by atoms with Crippen molar-refractivity contribution in [3.63, 3.8) is 0 Å². The molecule has 2 fully saturated rings. The summed E-state index contributed by atoms with van der Waals surface area (Å²) in [5.41, 5.74) is -4.70. The molecule has 4 rings (SSSR count). The largest absolute Gasteiger partial charge is 0.458 e. The lowest BCUT2D eigenvalue weighted by atomic mass is 9.59. The number of unbranched alkanes of at least 4 members (excludes halogenated alkanes) is 16. The molecule has 8 nitrogen and oxygen atoms in total. The molecule has 0 aromatic carbocycles. The number of hydrogen-bond acceptors (Lipinski definition) is 8. The number of hydrogen-bond donors (Lipinski definition) is 3. The normalized spacial score (nSPS) is 32.9. The van der Waals surface area contributed by atoms with Gasteiger partial charge in [0.15, 0.2) is 17.5 Å². The molecule has 0 amide bonds. The Morgan fingerprint density at radius 1 is 0.808 bits per heavy atom. The van der Waals surface area contributed by atoms with Gasteiger partial charge in [-0.3, -0.25) is 14.4 Å². The average Bonchev–Trinajstić information content (AvgIpc) is 3.50. The average molecular weight is 729 g/mol. The Bertz CT molecular complexity index is 1280. The van der Waals surface area contributed by atoms with E-state index in [2.05, 4.69) is 13.8 Å². The summed E-state index contributed by atoms with van der Waals surface area (Å²) in [6.07, 6.45) is 21.5. The quantitative estimate of drug-likeness (QED) is 0.0541. The fraction of sp³-hybridized carbons (Fsp3) is 0.841. The topological polar surface area (TPSA) is 130 Å². The second-order valence-electron chi connectivity index (χ2n) is 17.5. The van der Waals surface area contributed by atoms with Crippen LogP contribution in [-0.4, -0.2) is 63.1 Å². The van der Waals surface area contributed by atoms with Gasteiger partial charge in [-0.25, -0.2) is 0 Å². The number of ketones is 1. The molecule has 1 spiro atoms. The number of carbonyl (C=O) groups excluding carboxylic acids is 3. The van der Waals surface area contributed by atoms with Gasteiger partial charge in [-0.1, -0.05) is 150 Å². The number of Topliss-reactive ketones (excluding diaryl/α,β-unsaturated/α-hetero) is 1. The molecule has 52 heavy (non-hydrogen) atoms. The van der Waals surface area contributed by atoms with E-state index >= 15 is 0 Å². The van der Waals surface area contributed by atoms with Gasteiger partial charge in [-0.05, 0) is 43.3 Å². The molecule has 0 heterocycles. The predicted octanol–water partition coefficient (Wildman–Crippen LogP) is 8.87. The van der Waals surface area contributed by atoms with E-state index in [1.54, 1.807) is 19.1 Å². The molecule has 0 aliphatic heterocycles. The molecule has 2 saturated carbocycles. The third-order valence-electron chi connectivity index (χ3n) is 13.5. The summed E-state index contributed by atoms with van der Waals surface area (Å²) in [7, 11) is 0. The Morgan fingerprint density at radius 3 is 1.79 bits per heavy atom. The van der Waals surface area contributed by atoms with Crippen LogP contribution in [0, 0.1) is 28.6 Å². The van der Waals surface area contributed by atoms with Crippen molar-refractivity contribution in [1.29, 1.82) is 0 Å². The molecule has 2 bridgehead atoms. The Balaban J connectivity index is 1.46. The highest BCUT2D eigenvalue weighted by atomic mass is 16.6. The minimum absolute atomic E-state index is 0.123. The molecular formula is C44H72O8. The first-order valence-corrected chi connectivity index (χ1v) is 21.2. The standard InChI is InChI=1S/C44H72O8/c1-7-9-11-13-15-17-19-21-23-25-35(46)51-40-31(3)28-42-32(4)29-43(52-36(47)26-24-22-20-18-16-14-12-10-8-2)37(41(43,5)6)34(39(42)49)27-33(30-45)38(48)44(40,42)50/h27-28,32,34,37-38,40,45,48,50H,7-26,29-30H2,1-6H3/t32-,34+,37-,38-,40+,42+,43+,44+/m1/s1. The SMILES string of the molecule is CCCCCCCCCCCC(=O)O[C@H]1C(C)=C[C@]23C(=O)[C@@H](C=C(CO)[C@@H](O)[C@]12O)[C@@H]1C(C)(C)[C@]1(OC(=O)CCCCCCCCCCC)C[C@H]3C. The lowest BCUT2D eigenvalue weighted by Crippen LogP contribution is -2.66. The van der Waals surface area contributed by atoms with Crippen LogP contribution in [0.3, 0.4) is 0 Å². The smallest absolute Gasteiger partial charge is 0.306 e. The first-order valence-electron chi connectivity index (χ1n) is 21.2. The molecule has 296 valence electrons. The number of ether oxygens (including phenoxy) is 2. The van der Waals surface area contributed by atoms with Crippen LogP contribution in [0.4, 0.5) is 0 Å². The first kappa shape index (κ1) is 42.7. The van der Waals surface area contributed by atoms with E-state index in [9.17, 15) is 29.7 Å². The summed E-state index contributed by atoms with van der Waals surface area (Å²) < 4.78 is 12.5. The summed E-state index contributed by atoms with van der Waals surface area (Å²) in [6.45, 7) is 11.5. The van der Waals surface area contributed by atoms with Crippen LogP contribution >= 0.6 is 0 Å². The van der Waals surface area contributed by atoms with Gasteiger partial charge in [0.1, 0.15) is 11.7 Å². The second-order valence-corrected chi connectivity index (χ2v) is 17.5. The Morgan fingerprint density at radius 2 is 1.29 bits per heavy atom. The van der Waals surface area contributed by atoms with Gasteiger partial charge in [-0.2, -0.15) is 0 Å². The molecule has 0 saturated heterocycles. The van der Waals surface area contributed by atoms with Crippen LogP contribution in [0.25, 0.3) is 0 Å². The van der Waals surface area contributed by atoms with Crippen LogP contribution in [0.2, 0.25) is 0 Å². The molecule has 4 aliphatic rings. The molecule has 0 aromatic heterocycles. The van der Waals surface area contributed by atoms with Crippen molar-refractivity contribution in [2.24, 2.45) is 28.6 Å². The van der Waals surface area contributed by atoms with Gasteiger partial charge in [0, 0.05) is 30.1 Å². The number of esters is 2. The molecule has 4 aliphatic carbocycles. The Labute approximate surface area is 314 Å². The summed E-state index contributed by atoms with van der Waals surface area (Å²) in [6, 6.07) is 0. The number of aliphatic hydroxyl groups is 3. The molecule has 3 N–H and O–H groups in total. The highest BCUT2D eigenvalue weighted by Gasteiger charge is 2.83. The minimum atomic E-state index is -2.23. The maximum Gasteiger partial charge on any atom is 0.306 e. The lowest BCUT2D eigenvalue weighted by molar-refractivity contribution is -0.204. The zero-order valence-electron chi connectivity index (χ0n) is 33.5. The van der Waals surface area contributed by atoms with E-state index in [-0.39, 0.29) is 29.7 Å². The van der Waals surface area contributed by atoms with Crippen molar-refractivity contribution in [1.82, 2.24) is 0 Å².